The van der Waals surface area contributed by atoms with Gasteiger partial charge in [0.25, 0.3) is 5.91 Å². The minimum absolute atomic E-state index is 0.135. The quantitative estimate of drug-likeness (QED) is 0.462. The van der Waals surface area contributed by atoms with Crippen LogP contribution in [-0.4, -0.2) is 28.6 Å². The lowest BCUT2D eigenvalue weighted by atomic mass is 9.97. The summed E-state index contributed by atoms with van der Waals surface area (Å²) in [5.41, 5.74) is 5.21. The van der Waals surface area contributed by atoms with Gasteiger partial charge in [-0.05, 0) is 47.4 Å². The Balaban J connectivity index is 1.43. The maximum atomic E-state index is 12.7. The molecule has 3 aromatic rings. The second-order valence-electron chi connectivity index (χ2n) is 6.56. The standard InChI is InChI=1S/C21H19N3O3S/c25-20(23-27)16-6-7-17-13-24(11-10-15(17)12-16)21(26)22-19-9-8-18(28-19)14-4-2-1-3-5-14/h1-9,12,27H,10-11,13H2,(H,22,26)(H,23,25). The van der Waals surface area contributed by atoms with Crippen molar-refractivity contribution in [1.29, 1.82) is 0 Å². The molecule has 6 nitrogen and oxygen atoms in total. The molecule has 0 saturated heterocycles. The van der Waals surface area contributed by atoms with Crippen LogP contribution in [0.3, 0.4) is 0 Å². The summed E-state index contributed by atoms with van der Waals surface area (Å²) in [7, 11) is 0. The highest BCUT2D eigenvalue weighted by atomic mass is 32.1. The SMILES string of the molecule is O=C(NO)c1ccc2c(c1)CCN(C(=O)Nc1ccc(-c3ccccc3)s1)C2. The van der Waals surface area contributed by atoms with E-state index in [4.69, 9.17) is 5.21 Å². The molecule has 0 radical (unpaired) electrons. The highest BCUT2D eigenvalue weighted by Gasteiger charge is 2.22. The van der Waals surface area contributed by atoms with Crippen molar-refractivity contribution in [2.75, 3.05) is 11.9 Å². The number of anilines is 1. The number of amides is 3. The lowest BCUT2D eigenvalue weighted by Gasteiger charge is -2.29. The van der Waals surface area contributed by atoms with Crippen molar-refractivity contribution in [1.82, 2.24) is 10.4 Å². The van der Waals surface area contributed by atoms with Crippen molar-refractivity contribution in [3.8, 4) is 10.4 Å². The Morgan fingerprint density at radius 1 is 1.00 bits per heavy atom. The summed E-state index contributed by atoms with van der Waals surface area (Å²) in [6.07, 6.45) is 0.662. The number of rotatable bonds is 3. The molecule has 2 aromatic carbocycles. The van der Waals surface area contributed by atoms with Crippen molar-refractivity contribution in [3.05, 3.63) is 77.4 Å². The van der Waals surface area contributed by atoms with Crippen molar-refractivity contribution in [2.45, 2.75) is 13.0 Å². The molecule has 3 amide bonds. The number of nitrogens with zero attached hydrogens (tertiary/aromatic N) is 1. The Bertz CT molecular complexity index is 1020. The molecule has 0 fully saturated rings. The Morgan fingerprint density at radius 3 is 2.61 bits per heavy atom. The molecule has 142 valence electrons. The van der Waals surface area contributed by atoms with Crippen LogP contribution in [0.25, 0.3) is 10.4 Å². The predicted octanol–water partition coefficient (Wildman–Crippen LogP) is 4.12. The normalized spacial score (nSPS) is 13.0. The summed E-state index contributed by atoms with van der Waals surface area (Å²) in [6.45, 7) is 1.05. The number of urea groups is 1. The van der Waals surface area contributed by atoms with Crippen molar-refractivity contribution in [2.24, 2.45) is 0 Å². The van der Waals surface area contributed by atoms with Crippen molar-refractivity contribution in [3.63, 3.8) is 0 Å². The summed E-state index contributed by atoms with van der Waals surface area (Å²) < 4.78 is 0. The Hall–Kier alpha value is -3.16. The molecule has 7 heteroatoms. The molecule has 0 unspecified atom stereocenters. The van der Waals surface area contributed by atoms with E-state index in [9.17, 15) is 9.59 Å². The third kappa shape index (κ3) is 3.76. The van der Waals surface area contributed by atoms with Gasteiger partial charge in [0.2, 0.25) is 0 Å². The molecule has 28 heavy (non-hydrogen) atoms. The van der Waals surface area contributed by atoms with Crippen LogP contribution in [0.15, 0.2) is 60.7 Å². The first-order chi connectivity index (χ1) is 13.6. The zero-order valence-electron chi connectivity index (χ0n) is 15.0. The van der Waals surface area contributed by atoms with Crippen LogP contribution < -0.4 is 10.8 Å². The van der Waals surface area contributed by atoms with Crippen LogP contribution in [-0.2, 0) is 13.0 Å². The summed E-state index contributed by atoms with van der Waals surface area (Å²) in [5, 5.41) is 12.6. The molecule has 4 rings (SSSR count). The molecule has 0 saturated carbocycles. The molecular weight excluding hydrogens is 374 g/mol. The molecule has 0 spiro atoms. The summed E-state index contributed by atoms with van der Waals surface area (Å²) >= 11 is 1.54. The van der Waals surface area contributed by atoms with E-state index in [1.54, 1.807) is 33.8 Å². The molecule has 0 atom stereocenters. The number of hydrogen-bond acceptors (Lipinski definition) is 4. The van der Waals surface area contributed by atoms with Gasteiger partial charge in [0.1, 0.15) is 0 Å². The van der Waals surface area contributed by atoms with Gasteiger partial charge in [0, 0.05) is 23.5 Å². The first-order valence-corrected chi connectivity index (χ1v) is 9.73. The fourth-order valence-corrected chi connectivity index (χ4v) is 4.18. The topological polar surface area (TPSA) is 81.7 Å². The van der Waals surface area contributed by atoms with Gasteiger partial charge in [-0.1, -0.05) is 36.4 Å². The fourth-order valence-electron chi connectivity index (χ4n) is 3.28. The highest BCUT2D eigenvalue weighted by Crippen LogP contribution is 2.31. The van der Waals surface area contributed by atoms with E-state index >= 15 is 0 Å². The van der Waals surface area contributed by atoms with Gasteiger partial charge in [-0.3, -0.25) is 15.3 Å². The van der Waals surface area contributed by atoms with Crippen LogP contribution in [0.1, 0.15) is 21.5 Å². The smallest absolute Gasteiger partial charge is 0.320 e. The molecule has 1 aromatic heterocycles. The zero-order valence-corrected chi connectivity index (χ0v) is 15.8. The Morgan fingerprint density at radius 2 is 1.82 bits per heavy atom. The van der Waals surface area contributed by atoms with Crippen molar-refractivity contribution >= 4 is 28.3 Å². The summed E-state index contributed by atoms with van der Waals surface area (Å²) in [4.78, 5) is 27.1. The average molecular weight is 393 g/mol. The highest BCUT2D eigenvalue weighted by molar-refractivity contribution is 7.19. The van der Waals surface area contributed by atoms with E-state index in [2.05, 4.69) is 5.32 Å². The number of hydrogen-bond donors (Lipinski definition) is 3. The van der Waals surface area contributed by atoms with E-state index < -0.39 is 5.91 Å². The maximum absolute atomic E-state index is 12.7. The van der Waals surface area contributed by atoms with Crippen LogP contribution >= 0.6 is 11.3 Å². The fraction of sp³-hybridized carbons (Fsp3) is 0.143. The minimum atomic E-state index is -0.533. The molecule has 1 aliphatic rings. The Kier molecular flexibility index (Phi) is 5.10. The summed E-state index contributed by atoms with van der Waals surface area (Å²) in [5.74, 6) is -0.533. The number of carbonyl (C=O) groups is 2. The molecule has 2 heterocycles. The lowest BCUT2D eigenvalue weighted by Crippen LogP contribution is -2.38. The van der Waals surface area contributed by atoms with Gasteiger partial charge in [-0.15, -0.1) is 11.3 Å². The van der Waals surface area contributed by atoms with Gasteiger partial charge >= 0.3 is 6.03 Å². The average Bonchev–Trinajstić information content (AvgIpc) is 3.21. The predicted molar refractivity (Wildman–Crippen MR) is 109 cm³/mol. The van der Waals surface area contributed by atoms with E-state index in [1.807, 2.05) is 48.5 Å². The van der Waals surface area contributed by atoms with Crippen LogP contribution in [0, 0.1) is 0 Å². The van der Waals surface area contributed by atoms with Crippen LogP contribution in [0.4, 0.5) is 9.80 Å². The Labute approximate surface area is 166 Å². The minimum Gasteiger partial charge on any atom is -0.320 e. The van der Waals surface area contributed by atoms with Gasteiger partial charge in [-0.25, -0.2) is 10.3 Å². The molecule has 0 bridgehead atoms. The zero-order chi connectivity index (χ0) is 19.5. The second-order valence-corrected chi connectivity index (χ2v) is 7.64. The largest absolute Gasteiger partial charge is 0.322 e. The van der Waals surface area contributed by atoms with Gasteiger partial charge in [-0.2, -0.15) is 0 Å². The van der Waals surface area contributed by atoms with Gasteiger partial charge in [0.05, 0.1) is 5.00 Å². The first-order valence-electron chi connectivity index (χ1n) is 8.91. The first kappa shape index (κ1) is 18.2. The lowest BCUT2D eigenvalue weighted by molar-refractivity contribution is 0.0706. The van der Waals surface area contributed by atoms with E-state index in [0.29, 0.717) is 25.1 Å². The van der Waals surface area contributed by atoms with Crippen molar-refractivity contribution < 1.29 is 14.8 Å². The summed E-state index contributed by atoms with van der Waals surface area (Å²) in [6, 6.07) is 19.1. The second kappa shape index (κ2) is 7.84. The number of nitrogens with one attached hydrogen (secondary N) is 2. The monoisotopic (exact) mass is 393 g/mol. The molecule has 1 aliphatic heterocycles. The number of hydroxylamine groups is 1. The number of carbonyl (C=O) groups excluding carboxylic acids is 2. The van der Waals surface area contributed by atoms with Gasteiger partial charge in [0.15, 0.2) is 0 Å². The molecule has 0 aliphatic carbocycles. The maximum Gasteiger partial charge on any atom is 0.322 e. The van der Waals surface area contributed by atoms with E-state index in [-0.39, 0.29) is 6.03 Å². The van der Waals surface area contributed by atoms with Gasteiger partial charge < -0.3 is 4.90 Å². The number of fused-ring (bicyclic) bond motifs is 1. The number of benzene rings is 2. The van der Waals surface area contributed by atoms with Crippen LogP contribution in [0.5, 0.6) is 0 Å². The third-order valence-electron chi connectivity index (χ3n) is 4.76. The van der Waals surface area contributed by atoms with Crippen LogP contribution in [0.2, 0.25) is 0 Å². The molecule has 3 N–H and O–H groups in total. The van der Waals surface area contributed by atoms with E-state index in [0.717, 1.165) is 26.6 Å². The third-order valence-corrected chi connectivity index (χ3v) is 5.81. The van der Waals surface area contributed by atoms with E-state index in [1.165, 1.54) is 0 Å². The molecular formula is C21H19N3O3S. The number of thiophene rings is 1.